The van der Waals surface area contributed by atoms with E-state index in [9.17, 15) is 14.9 Å². The predicted molar refractivity (Wildman–Crippen MR) is 112 cm³/mol. The van der Waals surface area contributed by atoms with Crippen molar-refractivity contribution in [3.05, 3.63) is 76.4 Å². The number of aryl methyl sites for hydroxylation is 1. The second kappa shape index (κ2) is 8.31. The molecular weight excluding hydrogens is 380 g/mol. The van der Waals surface area contributed by atoms with Gasteiger partial charge in [0.2, 0.25) is 0 Å². The number of hydrogen-bond donors (Lipinski definition) is 1. The molecule has 0 bridgehead atoms. The van der Waals surface area contributed by atoms with Gasteiger partial charge >= 0.3 is 0 Å². The van der Waals surface area contributed by atoms with Gasteiger partial charge in [0.25, 0.3) is 11.8 Å². The number of carbonyl (C=O) groups is 2. The van der Waals surface area contributed by atoms with Crippen LogP contribution in [-0.2, 0) is 9.53 Å². The molecule has 0 unspecified atom stereocenters. The molecule has 4 rings (SSSR count). The third-order valence-corrected chi connectivity index (χ3v) is 5.07. The largest absolute Gasteiger partial charge is 0.378 e. The molecule has 2 aromatic rings. The van der Waals surface area contributed by atoms with Crippen LogP contribution in [0.3, 0.4) is 0 Å². The summed E-state index contributed by atoms with van der Waals surface area (Å²) in [6, 6.07) is 16.5. The Labute approximate surface area is 174 Å². The van der Waals surface area contributed by atoms with Gasteiger partial charge < -0.3 is 15.0 Å². The first-order valence-corrected chi connectivity index (χ1v) is 9.66. The van der Waals surface area contributed by atoms with Crippen LogP contribution in [0.1, 0.15) is 27.0 Å². The lowest BCUT2D eigenvalue weighted by atomic mass is 10.0. The number of hydrogen-bond acceptors (Lipinski definition) is 5. The van der Waals surface area contributed by atoms with Crippen molar-refractivity contribution in [3.63, 3.8) is 0 Å². The van der Waals surface area contributed by atoms with Gasteiger partial charge in [-0.25, -0.2) is 4.99 Å². The maximum Gasteiger partial charge on any atom is 0.266 e. The first kappa shape index (κ1) is 19.6. The SMILES string of the molecule is Cc1ccc(C(=O)NC2=N/C(=C(\C#N)C(=O)N3CCOCC3)c3ccccc32)cc1. The number of carbonyl (C=O) groups excluding carboxylic acids is 2. The number of aliphatic imine (C=N–C) groups is 1. The van der Waals surface area contributed by atoms with Gasteiger partial charge in [-0.15, -0.1) is 0 Å². The lowest BCUT2D eigenvalue weighted by molar-refractivity contribution is -0.130. The maximum atomic E-state index is 12.9. The minimum absolute atomic E-state index is 0.0380. The molecule has 2 aliphatic heterocycles. The zero-order valence-electron chi connectivity index (χ0n) is 16.5. The van der Waals surface area contributed by atoms with Crippen LogP contribution in [0, 0.1) is 18.3 Å². The Hall–Kier alpha value is -3.76. The molecule has 0 atom stereocenters. The van der Waals surface area contributed by atoms with Crippen molar-refractivity contribution in [2.45, 2.75) is 6.92 Å². The number of amidine groups is 1. The fraction of sp³-hybridized carbons (Fsp3) is 0.217. The zero-order valence-corrected chi connectivity index (χ0v) is 16.5. The summed E-state index contributed by atoms with van der Waals surface area (Å²) in [7, 11) is 0. The minimum Gasteiger partial charge on any atom is -0.378 e. The topological polar surface area (TPSA) is 94.8 Å². The summed E-state index contributed by atoms with van der Waals surface area (Å²) in [4.78, 5) is 31.7. The molecule has 1 N–H and O–H groups in total. The van der Waals surface area contributed by atoms with E-state index >= 15 is 0 Å². The predicted octanol–water partition coefficient (Wildman–Crippen LogP) is 2.28. The van der Waals surface area contributed by atoms with Crippen LogP contribution in [-0.4, -0.2) is 48.9 Å². The Morgan fingerprint density at radius 2 is 1.73 bits per heavy atom. The summed E-state index contributed by atoms with van der Waals surface area (Å²) in [5.41, 5.74) is 3.13. The summed E-state index contributed by atoms with van der Waals surface area (Å²) in [6.07, 6.45) is 0. The zero-order chi connectivity index (χ0) is 21.1. The Bertz CT molecular complexity index is 1100. The average Bonchev–Trinajstić information content (AvgIpc) is 3.13. The summed E-state index contributed by atoms with van der Waals surface area (Å²) in [6.45, 7) is 3.69. The van der Waals surface area contributed by atoms with Crippen LogP contribution in [0.15, 0.2) is 59.1 Å². The van der Waals surface area contributed by atoms with Gasteiger partial charge in [0, 0.05) is 29.8 Å². The molecule has 150 valence electrons. The van der Waals surface area contributed by atoms with Gasteiger partial charge in [-0.05, 0) is 19.1 Å². The number of fused-ring (bicyclic) bond motifs is 1. The summed E-state index contributed by atoms with van der Waals surface area (Å²) in [5, 5.41) is 12.6. The Balaban J connectivity index is 1.70. The normalized spacial score (nSPS) is 16.9. The van der Waals surface area contributed by atoms with E-state index in [0.29, 0.717) is 48.8 Å². The van der Waals surface area contributed by atoms with Crippen molar-refractivity contribution in [3.8, 4) is 6.07 Å². The highest BCUT2D eigenvalue weighted by Gasteiger charge is 2.30. The van der Waals surface area contributed by atoms with Crippen LogP contribution in [0.25, 0.3) is 5.70 Å². The fourth-order valence-corrected chi connectivity index (χ4v) is 3.43. The summed E-state index contributed by atoms with van der Waals surface area (Å²) < 4.78 is 5.29. The van der Waals surface area contributed by atoms with Crippen molar-refractivity contribution in [2.24, 2.45) is 4.99 Å². The fourth-order valence-electron chi connectivity index (χ4n) is 3.43. The van der Waals surface area contributed by atoms with E-state index in [4.69, 9.17) is 4.74 Å². The minimum atomic E-state index is -0.375. The maximum absolute atomic E-state index is 12.9. The number of ether oxygens (including phenoxy) is 1. The Morgan fingerprint density at radius 3 is 2.40 bits per heavy atom. The van der Waals surface area contributed by atoms with Gasteiger partial charge in [-0.2, -0.15) is 5.26 Å². The second-order valence-electron chi connectivity index (χ2n) is 7.07. The number of amides is 2. The number of rotatable bonds is 2. The van der Waals surface area contributed by atoms with Gasteiger partial charge in [-0.3, -0.25) is 9.59 Å². The molecule has 0 spiro atoms. The molecule has 30 heavy (non-hydrogen) atoms. The number of benzene rings is 2. The van der Waals surface area contributed by atoms with E-state index in [1.54, 1.807) is 23.1 Å². The molecule has 2 aliphatic rings. The van der Waals surface area contributed by atoms with Crippen LogP contribution in [0.5, 0.6) is 0 Å². The molecule has 2 heterocycles. The van der Waals surface area contributed by atoms with Crippen molar-refractivity contribution in [1.29, 1.82) is 5.26 Å². The molecule has 0 aromatic heterocycles. The highest BCUT2D eigenvalue weighted by Crippen LogP contribution is 2.31. The van der Waals surface area contributed by atoms with Crippen LogP contribution < -0.4 is 5.32 Å². The highest BCUT2D eigenvalue weighted by atomic mass is 16.5. The second-order valence-corrected chi connectivity index (χ2v) is 7.07. The summed E-state index contributed by atoms with van der Waals surface area (Å²) in [5.74, 6) is -0.350. The van der Waals surface area contributed by atoms with E-state index in [2.05, 4.69) is 10.3 Å². The van der Waals surface area contributed by atoms with Crippen LogP contribution in [0.4, 0.5) is 0 Å². The van der Waals surface area contributed by atoms with Crippen LogP contribution >= 0.6 is 0 Å². The Kier molecular flexibility index (Phi) is 5.42. The Morgan fingerprint density at radius 1 is 1.07 bits per heavy atom. The molecule has 0 saturated carbocycles. The molecule has 1 fully saturated rings. The molecule has 2 aromatic carbocycles. The molecule has 2 amide bonds. The quantitative estimate of drug-likeness (QED) is 0.618. The van der Waals surface area contributed by atoms with Crippen molar-refractivity contribution < 1.29 is 14.3 Å². The van der Waals surface area contributed by atoms with E-state index in [-0.39, 0.29) is 23.1 Å². The van der Waals surface area contributed by atoms with E-state index in [1.165, 1.54) is 0 Å². The lowest BCUT2D eigenvalue weighted by Gasteiger charge is -2.26. The van der Waals surface area contributed by atoms with E-state index in [0.717, 1.165) is 5.56 Å². The van der Waals surface area contributed by atoms with Crippen molar-refractivity contribution in [2.75, 3.05) is 26.3 Å². The number of morpholine rings is 1. The summed E-state index contributed by atoms with van der Waals surface area (Å²) >= 11 is 0. The monoisotopic (exact) mass is 400 g/mol. The first-order chi connectivity index (χ1) is 14.6. The van der Waals surface area contributed by atoms with Crippen LogP contribution in [0.2, 0.25) is 0 Å². The van der Waals surface area contributed by atoms with Crippen molar-refractivity contribution >= 4 is 23.3 Å². The van der Waals surface area contributed by atoms with E-state index < -0.39 is 0 Å². The van der Waals surface area contributed by atoms with Gasteiger partial charge in [0.1, 0.15) is 17.5 Å². The van der Waals surface area contributed by atoms with E-state index in [1.807, 2.05) is 43.3 Å². The molecule has 0 aliphatic carbocycles. The number of nitrogens with one attached hydrogen (secondary N) is 1. The molecule has 7 heteroatoms. The van der Waals surface area contributed by atoms with Gasteiger partial charge in [0.05, 0.1) is 18.9 Å². The van der Waals surface area contributed by atoms with Gasteiger partial charge in [-0.1, -0.05) is 42.0 Å². The lowest BCUT2D eigenvalue weighted by Crippen LogP contribution is -2.41. The highest BCUT2D eigenvalue weighted by molar-refractivity contribution is 6.20. The third kappa shape index (κ3) is 3.73. The molecule has 7 nitrogen and oxygen atoms in total. The van der Waals surface area contributed by atoms with Crippen molar-refractivity contribution in [1.82, 2.24) is 10.2 Å². The standard InChI is InChI=1S/C23H20N4O3/c1-15-6-8-16(9-7-15)22(28)26-21-18-5-3-2-4-17(18)20(25-21)19(14-24)23(29)27-10-12-30-13-11-27/h2-9H,10-13H2,1H3,(H,25,26,28)/b20-19+. The molecular formula is C23H20N4O3. The number of nitriles is 1. The smallest absolute Gasteiger partial charge is 0.266 e. The molecule has 0 radical (unpaired) electrons. The first-order valence-electron chi connectivity index (χ1n) is 9.66. The number of nitrogens with zero attached hydrogens (tertiary/aromatic N) is 3. The van der Waals surface area contributed by atoms with Gasteiger partial charge in [0.15, 0.2) is 0 Å². The third-order valence-electron chi connectivity index (χ3n) is 5.07. The average molecular weight is 400 g/mol. The molecule has 1 saturated heterocycles.